The molecule has 7 nitrogen and oxygen atoms in total. The molecule has 0 amide bonds. The van der Waals surface area contributed by atoms with Crippen LogP contribution in [0.4, 0.5) is 0 Å². The van der Waals surface area contributed by atoms with Crippen LogP contribution in [0.2, 0.25) is 0 Å². The fourth-order valence-corrected chi connectivity index (χ4v) is 2.47. The van der Waals surface area contributed by atoms with Crippen molar-refractivity contribution in [3.8, 4) is 0 Å². The van der Waals surface area contributed by atoms with E-state index in [-0.39, 0.29) is 28.2 Å². The number of fused-ring (bicyclic) bond motifs is 1. The van der Waals surface area contributed by atoms with Crippen LogP contribution in [0.5, 0.6) is 0 Å². The Hall–Kier alpha value is -1.41. The number of imidazole rings is 1. The van der Waals surface area contributed by atoms with E-state index >= 15 is 0 Å². The summed E-state index contributed by atoms with van der Waals surface area (Å²) >= 11 is 0. The number of hydrogen-bond acceptors (Lipinski definition) is 3. The highest BCUT2D eigenvalue weighted by atomic mass is 79.9. The van der Waals surface area contributed by atoms with Crippen molar-refractivity contribution in [2.24, 2.45) is 14.1 Å². The molecule has 130 valence electrons. The molecule has 0 bridgehead atoms. The third kappa shape index (κ3) is 3.58. The minimum absolute atomic E-state index is 0. The molecule has 0 spiro atoms. The molecule has 0 atom stereocenters. The summed E-state index contributed by atoms with van der Waals surface area (Å²) in [6, 6.07) is 0.549. The molecule has 0 N–H and O–H groups in total. The summed E-state index contributed by atoms with van der Waals surface area (Å²) in [5.74, 6) is 0. The Morgan fingerprint density at radius 1 is 1.17 bits per heavy atom. The van der Waals surface area contributed by atoms with Crippen LogP contribution >= 0.6 is 0 Å². The fraction of sp³-hybridized carbons (Fsp3) is 0.667. The molecule has 23 heavy (non-hydrogen) atoms. The molecule has 2 aromatic rings. The molecule has 0 unspecified atom stereocenters. The smallest absolute Gasteiger partial charge is 0.332 e. The third-order valence-electron chi connectivity index (χ3n) is 4.75. The van der Waals surface area contributed by atoms with Gasteiger partial charge >= 0.3 is 5.69 Å². The van der Waals surface area contributed by atoms with Gasteiger partial charge < -0.3 is 26.0 Å². The van der Waals surface area contributed by atoms with Crippen LogP contribution < -0.4 is 28.2 Å². The van der Waals surface area contributed by atoms with Crippen LogP contribution in [0, 0.1) is 0 Å². The first-order valence-electron chi connectivity index (χ1n) is 7.60. The van der Waals surface area contributed by atoms with Crippen LogP contribution in [0.1, 0.15) is 20.3 Å². The molecule has 2 aromatic heterocycles. The highest BCUT2D eigenvalue weighted by molar-refractivity contribution is 5.69. The molecular weight excluding hydrogens is 362 g/mol. The van der Waals surface area contributed by atoms with Gasteiger partial charge in [0.15, 0.2) is 11.2 Å². The van der Waals surface area contributed by atoms with E-state index in [1.54, 1.807) is 13.4 Å². The van der Waals surface area contributed by atoms with E-state index < -0.39 is 0 Å². The quantitative estimate of drug-likeness (QED) is 0.525. The van der Waals surface area contributed by atoms with Crippen LogP contribution in [0.15, 0.2) is 15.9 Å². The summed E-state index contributed by atoms with van der Waals surface area (Å²) in [6.07, 6.45) is 2.60. The first-order valence-corrected chi connectivity index (χ1v) is 7.60. The number of aryl methyl sites for hydroxylation is 2. The molecular formula is C15H26BrN5O2. The maximum Gasteiger partial charge on any atom is 0.332 e. The summed E-state index contributed by atoms with van der Waals surface area (Å²) in [4.78, 5) is 28.5. The van der Waals surface area contributed by atoms with Gasteiger partial charge in [-0.15, -0.1) is 0 Å². The summed E-state index contributed by atoms with van der Waals surface area (Å²) in [5, 5.41) is 0. The molecule has 2 heterocycles. The lowest BCUT2D eigenvalue weighted by atomic mass is 10.2. The predicted molar refractivity (Wildman–Crippen MR) is 86.9 cm³/mol. The molecule has 2 rings (SSSR count). The van der Waals surface area contributed by atoms with Gasteiger partial charge in [0.1, 0.15) is 0 Å². The number of aromatic nitrogens is 4. The number of halogens is 1. The minimum Gasteiger partial charge on any atom is -1.00 e. The first-order chi connectivity index (χ1) is 10.2. The number of rotatable bonds is 5. The molecule has 8 heteroatoms. The summed E-state index contributed by atoms with van der Waals surface area (Å²) in [5.41, 5.74) is 0.318. The lowest BCUT2D eigenvalue weighted by molar-refractivity contribution is -0.911. The van der Waals surface area contributed by atoms with Crippen molar-refractivity contribution in [3.63, 3.8) is 0 Å². The molecule has 0 aliphatic rings. The Morgan fingerprint density at radius 3 is 2.35 bits per heavy atom. The van der Waals surface area contributed by atoms with Crippen LogP contribution in [-0.4, -0.2) is 49.9 Å². The molecule has 0 aliphatic carbocycles. The Balaban J connectivity index is 0.00000264. The molecule has 0 saturated heterocycles. The van der Waals surface area contributed by atoms with Gasteiger partial charge in [-0.2, -0.15) is 0 Å². The van der Waals surface area contributed by atoms with Crippen LogP contribution in [0.25, 0.3) is 11.2 Å². The SMILES string of the molecule is CC(C)[N+](C)(C)CCCn1cnc2c1c(=O)n(C)c(=O)n2C.[Br-]. The maximum absolute atomic E-state index is 12.3. The van der Waals surface area contributed by atoms with Crippen molar-refractivity contribution in [2.45, 2.75) is 32.9 Å². The average Bonchev–Trinajstić information content (AvgIpc) is 2.86. The Bertz CT molecular complexity index is 801. The zero-order valence-electron chi connectivity index (χ0n) is 14.7. The van der Waals surface area contributed by atoms with Gasteiger partial charge in [-0.05, 0) is 13.8 Å². The van der Waals surface area contributed by atoms with Gasteiger partial charge in [0.25, 0.3) is 5.56 Å². The standard InChI is InChI=1S/C15H26N5O2.BrH/c1-11(2)20(5,6)9-7-8-19-10-16-13-12(19)14(21)18(4)15(22)17(13)3;/h10-11H,7-9H2,1-6H3;1H/q+1;/p-1. The third-order valence-corrected chi connectivity index (χ3v) is 4.75. The molecule has 0 fully saturated rings. The van der Waals surface area contributed by atoms with Crippen molar-refractivity contribution < 1.29 is 21.5 Å². The average molecular weight is 388 g/mol. The number of nitrogens with zero attached hydrogens (tertiary/aromatic N) is 5. The van der Waals surface area contributed by atoms with Crippen LogP contribution in [-0.2, 0) is 20.6 Å². The Kier molecular flexibility index (Phi) is 5.98. The second kappa shape index (κ2) is 7.00. The summed E-state index contributed by atoms with van der Waals surface area (Å²) in [6.45, 7) is 6.15. The first kappa shape index (κ1) is 19.6. The predicted octanol–water partition coefficient (Wildman–Crippen LogP) is -2.69. The van der Waals surface area contributed by atoms with Gasteiger partial charge in [-0.1, -0.05) is 0 Å². The van der Waals surface area contributed by atoms with E-state index in [1.807, 2.05) is 4.57 Å². The van der Waals surface area contributed by atoms with E-state index in [1.165, 1.54) is 11.6 Å². The van der Waals surface area contributed by atoms with Crippen LogP contribution in [0.3, 0.4) is 0 Å². The second-order valence-electron chi connectivity index (χ2n) is 6.77. The molecule has 0 aliphatic heterocycles. The summed E-state index contributed by atoms with van der Waals surface area (Å²) < 4.78 is 5.34. The molecule has 0 radical (unpaired) electrons. The fourth-order valence-electron chi connectivity index (χ4n) is 2.47. The van der Waals surface area contributed by atoms with Gasteiger partial charge in [0.2, 0.25) is 0 Å². The second-order valence-corrected chi connectivity index (χ2v) is 6.77. The van der Waals surface area contributed by atoms with E-state index in [0.717, 1.165) is 28.6 Å². The van der Waals surface area contributed by atoms with Crippen molar-refractivity contribution in [1.29, 1.82) is 0 Å². The monoisotopic (exact) mass is 387 g/mol. The minimum atomic E-state index is -0.347. The Morgan fingerprint density at radius 2 is 1.78 bits per heavy atom. The Labute approximate surface area is 146 Å². The van der Waals surface area contributed by atoms with Gasteiger partial charge in [0.05, 0.1) is 33.0 Å². The number of quaternary nitrogens is 1. The molecule has 0 saturated carbocycles. The van der Waals surface area contributed by atoms with E-state index in [2.05, 4.69) is 32.9 Å². The topological polar surface area (TPSA) is 61.8 Å². The normalized spacial score (nSPS) is 12.0. The van der Waals surface area contributed by atoms with Crippen molar-refractivity contribution in [2.75, 3.05) is 20.6 Å². The van der Waals surface area contributed by atoms with Crippen molar-refractivity contribution >= 4 is 11.2 Å². The van der Waals surface area contributed by atoms with E-state index in [9.17, 15) is 9.59 Å². The summed E-state index contributed by atoms with van der Waals surface area (Å²) in [7, 11) is 7.55. The van der Waals surface area contributed by atoms with E-state index in [0.29, 0.717) is 17.2 Å². The maximum atomic E-state index is 12.3. The zero-order chi connectivity index (χ0) is 16.7. The highest BCUT2D eigenvalue weighted by Gasteiger charge is 2.19. The van der Waals surface area contributed by atoms with Gasteiger partial charge in [-0.25, -0.2) is 9.78 Å². The van der Waals surface area contributed by atoms with Crippen molar-refractivity contribution in [3.05, 3.63) is 27.2 Å². The number of hydrogen-bond donors (Lipinski definition) is 0. The molecule has 0 aromatic carbocycles. The van der Waals surface area contributed by atoms with Gasteiger partial charge in [0, 0.05) is 27.1 Å². The van der Waals surface area contributed by atoms with E-state index in [4.69, 9.17) is 0 Å². The lowest BCUT2D eigenvalue weighted by Crippen LogP contribution is -3.00. The van der Waals surface area contributed by atoms with Crippen molar-refractivity contribution in [1.82, 2.24) is 18.7 Å². The van der Waals surface area contributed by atoms with Gasteiger partial charge in [-0.3, -0.25) is 13.9 Å². The highest BCUT2D eigenvalue weighted by Crippen LogP contribution is 2.10. The largest absolute Gasteiger partial charge is 1.00 e. The lowest BCUT2D eigenvalue weighted by Gasteiger charge is -2.34. The zero-order valence-corrected chi connectivity index (χ0v) is 16.3.